The summed E-state index contributed by atoms with van der Waals surface area (Å²) in [5, 5.41) is 0. The van der Waals surface area contributed by atoms with E-state index in [9.17, 15) is 9.59 Å². The SMILES string of the molecule is O=C1CCN(C(=O)CC2CCCCC2)c2ccccc21. The first-order valence-electron chi connectivity index (χ1n) is 7.68. The van der Waals surface area contributed by atoms with Crippen molar-refractivity contribution in [3.63, 3.8) is 0 Å². The lowest BCUT2D eigenvalue weighted by molar-refractivity contribution is -0.119. The van der Waals surface area contributed by atoms with Crippen LogP contribution in [0, 0.1) is 5.92 Å². The van der Waals surface area contributed by atoms with Gasteiger partial charge in [-0.25, -0.2) is 0 Å². The van der Waals surface area contributed by atoms with E-state index in [1.165, 1.54) is 32.1 Å². The minimum Gasteiger partial charge on any atom is -0.311 e. The van der Waals surface area contributed by atoms with Gasteiger partial charge in [0.1, 0.15) is 0 Å². The maximum Gasteiger partial charge on any atom is 0.227 e. The Labute approximate surface area is 120 Å². The zero-order valence-corrected chi connectivity index (χ0v) is 11.8. The van der Waals surface area contributed by atoms with Gasteiger partial charge in [0.2, 0.25) is 5.91 Å². The second kappa shape index (κ2) is 5.78. The summed E-state index contributed by atoms with van der Waals surface area (Å²) in [5.41, 5.74) is 1.51. The minimum atomic E-state index is 0.155. The van der Waals surface area contributed by atoms with Crippen molar-refractivity contribution < 1.29 is 9.59 Å². The molecule has 1 aromatic carbocycles. The molecule has 0 spiro atoms. The summed E-state index contributed by atoms with van der Waals surface area (Å²) in [4.78, 5) is 26.3. The van der Waals surface area contributed by atoms with Gasteiger partial charge in [0.25, 0.3) is 0 Å². The maximum atomic E-state index is 12.6. The second-order valence-corrected chi connectivity index (χ2v) is 5.94. The average molecular weight is 271 g/mol. The Morgan fingerprint density at radius 1 is 1.15 bits per heavy atom. The summed E-state index contributed by atoms with van der Waals surface area (Å²) in [6.45, 7) is 0.543. The topological polar surface area (TPSA) is 37.4 Å². The summed E-state index contributed by atoms with van der Waals surface area (Å²) in [5.74, 6) is 0.889. The van der Waals surface area contributed by atoms with Gasteiger partial charge in [-0.3, -0.25) is 9.59 Å². The van der Waals surface area contributed by atoms with Crippen molar-refractivity contribution in [1.82, 2.24) is 0 Å². The Balaban J connectivity index is 1.75. The molecule has 0 bridgehead atoms. The third-order valence-corrected chi connectivity index (χ3v) is 4.55. The van der Waals surface area contributed by atoms with Crippen molar-refractivity contribution in [3.05, 3.63) is 29.8 Å². The molecule has 0 N–H and O–H groups in total. The second-order valence-electron chi connectivity index (χ2n) is 5.94. The highest BCUT2D eigenvalue weighted by atomic mass is 16.2. The zero-order valence-electron chi connectivity index (χ0n) is 11.8. The Bertz CT molecular complexity index is 517. The van der Waals surface area contributed by atoms with Gasteiger partial charge in [-0.05, 0) is 30.9 Å². The van der Waals surface area contributed by atoms with Crippen molar-refractivity contribution in [1.29, 1.82) is 0 Å². The number of carbonyl (C=O) groups is 2. The van der Waals surface area contributed by atoms with Crippen LogP contribution < -0.4 is 4.90 Å². The standard InChI is InChI=1S/C17H21NO2/c19-16-10-11-18(15-9-5-4-8-14(15)16)17(20)12-13-6-2-1-3-7-13/h4-5,8-9,13H,1-3,6-7,10-12H2. The first kappa shape index (κ1) is 13.3. The van der Waals surface area contributed by atoms with Crippen LogP contribution in [0.15, 0.2) is 24.3 Å². The fraction of sp³-hybridized carbons (Fsp3) is 0.529. The highest BCUT2D eigenvalue weighted by molar-refractivity contribution is 6.08. The van der Waals surface area contributed by atoms with Gasteiger partial charge in [-0.1, -0.05) is 31.4 Å². The number of para-hydroxylation sites is 1. The Morgan fingerprint density at radius 2 is 1.90 bits per heavy atom. The number of hydrogen-bond acceptors (Lipinski definition) is 2. The maximum absolute atomic E-state index is 12.6. The number of anilines is 1. The first-order valence-corrected chi connectivity index (χ1v) is 7.68. The highest BCUT2D eigenvalue weighted by Gasteiger charge is 2.28. The van der Waals surface area contributed by atoms with E-state index < -0.39 is 0 Å². The summed E-state index contributed by atoms with van der Waals surface area (Å²) < 4.78 is 0. The fourth-order valence-electron chi connectivity index (χ4n) is 3.42. The van der Waals surface area contributed by atoms with Gasteiger partial charge in [0, 0.05) is 24.9 Å². The molecule has 0 saturated heterocycles. The number of rotatable bonds is 2. The molecule has 106 valence electrons. The molecular weight excluding hydrogens is 250 g/mol. The van der Waals surface area contributed by atoms with E-state index in [0.717, 1.165) is 5.69 Å². The first-order chi connectivity index (χ1) is 9.75. The molecule has 3 heteroatoms. The molecule has 1 heterocycles. The third kappa shape index (κ3) is 2.62. The van der Waals surface area contributed by atoms with Crippen LogP contribution in [0.5, 0.6) is 0 Å². The van der Waals surface area contributed by atoms with Gasteiger partial charge < -0.3 is 4.90 Å². The van der Waals surface area contributed by atoms with Gasteiger partial charge in [-0.15, -0.1) is 0 Å². The van der Waals surface area contributed by atoms with Crippen molar-refractivity contribution in [2.24, 2.45) is 5.92 Å². The number of amides is 1. The number of nitrogens with zero attached hydrogens (tertiary/aromatic N) is 1. The Hall–Kier alpha value is -1.64. The van der Waals surface area contributed by atoms with E-state index in [0.29, 0.717) is 30.9 Å². The number of fused-ring (bicyclic) bond motifs is 1. The summed E-state index contributed by atoms with van der Waals surface area (Å²) in [6.07, 6.45) is 7.28. The Morgan fingerprint density at radius 3 is 2.70 bits per heavy atom. The predicted octanol–water partition coefficient (Wildman–Crippen LogP) is 3.58. The molecule has 0 aromatic heterocycles. The number of carbonyl (C=O) groups excluding carboxylic acids is 2. The minimum absolute atomic E-state index is 0.155. The molecule has 20 heavy (non-hydrogen) atoms. The van der Waals surface area contributed by atoms with Crippen LogP contribution in [0.25, 0.3) is 0 Å². The van der Waals surface area contributed by atoms with Gasteiger partial charge in [-0.2, -0.15) is 0 Å². The normalized spacial score (nSPS) is 19.8. The summed E-state index contributed by atoms with van der Waals surface area (Å²) in [7, 11) is 0. The third-order valence-electron chi connectivity index (χ3n) is 4.55. The van der Waals surface area contributed by atoms with Crippen LogP contribution in [0.4, 0.5) is 5.69 Å². The Kier molecular flexibility index (Phi) is 3.86. The van der Waals surface area contributed by atoms with E-state index >= 15 is 0 Å². The largest absolute Gasteiger partial charge is 0.311 e. The molecule has 1 aliphatic heterocycles. The molecule has 1 aliphatic carbocycles. The number of benzene rings is 1. The lowest BCUT2D eigenvalue weighted by Gasteiger charge is -2.30. The average Bonchev–Trinajstić information content (AvgIpc) is 2.49. The van der Waals surface area contributed by atoms with E-state index in [2.05, 4.69) is 0 Å². The zero-order chi connectivity index (χ0) is 13.9. The van der Waals surface area contributed by atoms with E-state index in [-0.39, 0.29) is 11.7 Å². The number of ketones is 1. The lowest BCUT2D eigenvalue weighted by atomic mass is 9.86. The van der Waals surface area contributed by atoms with Crippen molar-refractivity contribution in [2.75, 3.05) is 11.4 Å². The van der Waals surface area contributed by atoms with Crippen LogP contribution in [0.3, 0.4) is 0 Å². The fourth-order valence-corrected chi connectivity index (χ4v) is 3.42. The monoisotopic (exact) mass is 271 g/mol. The quantitative estimate of drug-likeness (QED) is 0.824. The smallest absolute Gasteiger partial charge is 0.227 e. The van der Waals surface area contributed by atoms with E-state index in [1.807, 2.05) is 29.2 Å². The van der Waals surface area contributed by atoms with Crippen LogP contribution in [0.2, 0.25) is 0 Å². The molecule has 0 unspecified atom stereocenters. The molecule has 1 amide bonds. The summed E-state index contributed by atoms with van der Waals surface area (Å²) in [6, 6.07) is 7.49. The molecule has 1 saturated carbocycles. The molecule has 1 fully saturated rings. The molecule has 0 radical (unpaired) electrons. The van der Waals surface area contributed by atoms with Gasteiger partial charge >= 0.3 is 0 Å². The van der Waals surface area contributed by atoms with Crippen molar-refractivity contribution in [2.45, 2.75) is 44.9 Å². The van der Waals surface area contributed by atoms with E-state index in [4.69, 9.17) is 0 Å². The molecule has 1 aromatic rings. The van der Waals surface area contributed by atoms with Crippen LogP contribution in [-0.4, -0.2) is 18.2 Å². The van der Waals surface area contributed by atoms with Crippen molar-refractivity contribution >= 4 is 17.4 Å². The van der Waals surface area contributed by atoms with Crippen LogP contribution >= 0.6 is 0 Å². The highest BCUT2D eigenvalue weighted by Crippen LogP contribution is 2.31. The molecule has 3 rings (SSSR count). The molecule has 2 aliphatic rings. The number of hydrogen-bond donors (Lipinski definition) is 0. The van der Waals surface area contributed by atoms with E-state index in [1.54, 1.807) is 0 Å². The van der Waals surface area contributed by atoms with Crippen LogP contribution in [-0.2, 0) is 4.79 Å². The molecular formula is C17H21NO2. The van der Waals surface area contributed by atoms with Crippen molar-refractivity contribution in [3.8, 4) is 0 Å². The predicted molar refractivity (Wildman–Crippen MR) is 78.9 cm³/mol. The lowest BCUT2D eigenvalue weighted by Crippen LogP contribution is -2.38. The van der Waals surface area contributed by atoms with Gasteiger partial charge in [0.15, 0.2) is 5.78 Å². The number of Topliss-reactive ketones (excluding diaryl/α,β-unsaturated/α-hetero) is 1. The van der Waals surface area contributed by atoms with Crippen LogP contribution in [0.1, 0.15) is 55.3 Å². The summed E-state index contributed by atoms with van der Waals surface area (Å²) >= 11 is 0. The molecule has 0 atom stereocenters. The molecule has 3 nitrogen and oxygen atoms in total. The van der Waals surface area contributed by atoms with Gasteiger partial charge in [0.05, 0.1) is 5.69 Å².